The fraction of sp³-hybridized carbons (Fsp3) is 0.422. The molecule has 0 atom stereocenters. The topological polar surface area (TPSA) is 109 Å². The Kier molecular flexibility index (Phi) is 18.1. The number of anilines is 2. The van der Waals surface area contributed by atoms with Crippen molar-refractivity contribution in [2.24, 2.45) is 0 Å². The first-order valence-electron chi connectivity index (χ1n) is 20.7. The molecule has 0 radical (unpaired) electrons. The molecule has 3 heterocycles. The van der Waals surface area contributed by atoms with Gasteiger partial charge in [0.25, 0.3) is 5.91 Å². The molecule has 15 heteroatoms. The van der Waals surface area contributed by atoms with Gasteiger partial charge in [0.05, 0.1) is 5.56 Å². The maximum atomic E-state index is 14.1. The van der Waals surface area contributed by atoms with Crippen LogP contribution in [0.2, 0.25) is 6.04 Å². The van der Waals surface area contributed by atoms with E-state index < -0.39 is 17.6 Å². The summed E-state index contributed by atoms with van der Waals surface area (Å²) in [4.78, 5) is 35.2. The number of amides is 1. The zero-order valence-electron chi connectivity index (χ0n) is 36.2. The number of rotatable bonds is 25. The number of benzene rings is 2. The summed E-state index contributed by atoms with van der Waals surface area (Å²) in [5.41, 5.74) is 2.48. The van der Waals surface area contributed by atoms with E-state index in [1.807, 2.05) is 93.6 Å². The highest BCUT2D eigenvalue weighted by Gasteiger charge is 2.42. The second kappa shape index (κ2) is 22.9. The molecule has 0 N–H and O–H groups in total. The number of carbonyl (C=O) groups is 1. The number of nitrogens with zero attached hydrogens (tertiary/aromatic N) is 2. The van der Waals surface area contributed by atoms with E-state index in [2.05, 4.69) is 24.9 Å². The average molecular weight is 893 g/mol. The van der Waals surface area contributed by atoms with Crippen LogP contribution in [0, 0.1) is 0 Å². The number of carbonyl (C=O) groups excluding carboxylic acids is 1. The summed E-state index contributed by atoms with van der Waals surface area (Å²) in [5.74, 6) is -0.190. The largest absolute Gasteiger partial charge is 0.536 e. The minimum absolute atomic E-state index is 0.190. The van der Waals surface area contributed by atoms with Crippen LogP contribution in [0.15, 0.2) is 88.1 Å². The van der Waals surface area contributed by atoms with Crippen LogP contribution in [-0.4, -0.2) is 84.8 Å². The van der Waals surface area contributed by atoms with Crippen molar-refractivity contribution in [3.63, 3.8) is 0 Å². The Labute approximate surface area is 365 Å². The standard InChI is InChI=1S/C45H60N2O9S2Si2/c1-9-13-14-15-28-46(5)35-21-20-34-31-39(45(49)56-40(34)33-35)41-25-26-43(58-41)42-24-22-37(57-42)23-27-44(48)47(29-17-30-59(53-10-2,54-11-3)55-12-4)36-18-16-19-38(32-36)60(50-6,51-7)52-8/h16,18-27,31-33H,9-15,17,28-30H2,1-8H3/b27-23+. The number of hydrogen-bond donors (Lipinski definition) is 0. The van der Waals surface area contributed by atoms with E-state index in [9.17, 15) is 9.59 Å². The maximum Gasteiger partial charge on any atom is 0.536 e. The first-order valence-corrected chi connectivity index (χ1v) is 26.0. The van der Waals surface area contributed by atoms with E-state index in [0.717, 1.165) is 48.7 Å². The van der Waals surface area contributed by atoms with Gasteiger partial charge in [-0.25, -0.2) is 4.79 Å². The zero-order chi connectivity index (χ0) is 43.1. The van der Waals surface area contributed by atoms with Crippen LogP contribution in [-0.2, 0) is 31.4 Å². The highest BCUT2D eigenvalue weighted by Crippen LogP contribution is 2.38. The molecule has 0 aliphatic heterocycles. The highest BCUT2D eigenvalue weighted by molar-refractivity contribution is 7.24. The van der Waals surface area contributed by atoms with E-state index in [4.69, 9.17) is 31.0 Å². The van der Waals surface area contributed by atoms with Gasteiger partial charge in [-0.1, -0.05) is 38.3 Å². The van der Waals surface area contributed by atoms with Crippen molar-refractivity contribution in [3.05, 3.63) is 94.2 Å². The molecule has 0 aliphatic carbocycles. The second-order valence-corrected chi connectivity index (χ2v) is 22.0. The molecule has 0 fully saturated rings. The zero-order valence-corrected chi connectivity index (χ0v) is 39.9. The van der Waals surface area contributed by atoms with E-state index in [1.165, 1.54) is 19.3 Å². The first kappa shape index (κ1) is 47.3. The quantitative estimate of drug-likeness (QED) is 0.0243. The van der Waals surface area contributed by atoms with Crippen LogP contribution in [0.1, 0.15) is 64.7 Å². The van der Waals surface area contributed by atoms with E-state index in [-0.39, 0.29) is 11.5 Å². The van der Waals surface area contributed by atoms with Crippen molar-refractivity contribution in [3.8, 4) is 20.2 Å². The van der Waals surface area contributed by atoms with Gasteiger partial charge in [0.2, 0.25) is 0 Å². The summed E-state index contributed by atoms with van der Waals surface area (Å²) < 4.78 is 41.4. The van der Waals surface area contributed by atoms with Gasteiger partial charge in [-0.05, 0) is 94.3 Å². The Morgan fingerprint density at radius 3 is 2.10 bits per heavy atom. The van der Waals surface area contributed by atoms with Crippen molar-refractivity contribution in [1.82, 2.24) is 0 Å². The van der Waals surface area contributed by atoms with Crippen molar-refractivity contribution in [2.45, 2.75) is 65.8 Å². The molecule has 0 unspecified atom stereocenters. The monoisotopic (exact) mass is 892 g/mol. The lowest BCUT2D eigenvalue weighted by atomic mass is 10.1. The molecule has 3 aromatic heterocycles. The molecule has 5 rings (SSSR count). The lowest BCUT2D eigenvalue weighted by Gasteiger charge is -2.30. The third-order valence-corrected chi connectivity index (χ3v) is 18.3. The van der Waals surface area contributed by atoms with Crippen LogP contribution in [0.25, 0.3) is 37.2 Å². The fourth-order valence-corrected chi connectivity index (χ4v) is 13.6. The Morgan fingerprint density at radius 1 is 0.733 bits per heavy atom. The first-order chi connectivity index (χ1) is 29.1. The number of unbranched alkanes of at least 4 members (excludes halogenated alkanes) is 3. The van der Waals surface area contributed by atoms with Gasteiger partial charge in [-0.3, -0.25) is 4.79 Å². The fourth-order valence-electron chi connectivity index (χ4n) is 7.14. The molecule has 5 aromatic rings. The molecule has 0 saturated carbocycles. The molecule has 2 aromatic carbocycles. The van der Waals surface area contributed by atoms with Crippen LogP contribution in [0.4, 0.5) is 11.4 Å². The lowest BCUT2D eigenvalue weighted by molar-refractivity contribution is -0.114. The molecular weight excluding hydrogens is 833 g/mol. The van der Waals surface area contributed by atoms with Crippen molar-refractivity contribution >= 4 is 79.8 Å². The highest BCUT2D eigenvalue weighted by atomic mass is 32.1. The molecule has 1 amide bonds. The summed E-state index contributed by atoms with van der Waals surface area (Å²) in [7, 11) is 0.656. The normalized spacial score (nSPS) is 12.2. The van der Waals surface area contributed by atoms with Crippen molar-refractivity contribution < 1.29 is 35.8 Å². The van der Waals surface area contributed by atoms with Crippen LogP contribution in [0.5, 0.6) is 0 Å². The van der Waals surface area contributed by atoms with Gasteiger partial charge < -0.3 is 40.8 Å². The molecular formula is C45H60N2O9S2Si2. The number of thiophene rings is 2. The van der Waals surface area contributed by atoms with Gasteiger partial charge in [-0.15, -0.1) is 22.7 Å². The Hall–Kier alpha value is -3.75. The number of hydrogen-bond acceptors (Lipinski definition) is 12. The molecule has 11 nitrogen and oxygen atoms in total. The second-order valence-electron chi connectivity index (χ2n) is 14.1. The molecule has 0 saturated heterocycles. The SMILES string of the molecule is CCCCCCN(C)c1ccc2cc(-c3ccc(-c4ccc(/C=C/C(=O)N(CCC[Si](OCC)(OCC)OCC)c5cccc([Si](OC)(OC)OC)c5)s4)s3)c(=O)oc2c1. The molecule has 0 spiro atoms. The minimum atomic E-state index is -3.18. The summed E-state index contributed by atoms with van der Waals surface area (Å²) in [6.07, 6.45) is 8.82. The predicted molar refractivity (Wildman–Crippen MR) is 251 cm³/mol. The summed E-state index contributed by atoms with van der Waals surface area (Å²) in [6, 6.07) is 24.1. The molecule has 60 heavy (non-hydrogen) atoms. The number of fused-ring (bicyclic) bond motifs is 1. The lowest BCUT2D eigenvalue weighted by Crippen LogP contribution is -2.54. The third kappa shape index (κ3) is 11.8. The van der Waals surface area contributed by atoms with E-state index >= 15 is 0 Å². The van der Waals surface area contributed by atoms with Gasteiger partial charge in [0.15, 0.2) is 0 Å². The summed E-state index contributed by atoms with van der Waals surface area (Å²) in [6.45, 7) is 10.8. The van der Waals surface area contributed by atoms with Crippen LogP contribution < -0.4 is 20.6 Å². The smallest absolute Gasteiger partial charge is 0.422 e. The Morgan fingerprint density at radius 2 is 1.42 bits per heavy atom. The van der Waals surface area contributed by atoms with Crippen molar-refractivity contribution in [1.29, 1.82) is 0 Å². The van der Waals surface area contributed by atoms with Crippen LogP contribution in [0.3, 0.4) is 0 Å². The maximum absolute atomic E-state index is 14.1. The molecule has 0 aliphatic rings. The summed E-state index contributed by atoms with van der Waals surface area (Å²) in [5, 5.41) is 1.62. The Balaban J connectivity index is 1.34. The summed E-state index contributed by atoms with van der Waals surface area (Å²) >= 11 is 3.11. The Bertz CT molecular complexity index is 2190. The predicted octanol–water partition coefficient (Wildman–Crippen LogP) is 9.84. The van der Waals surface area contributed by atoms with Gasteiger partial charge in [-0.2, -0.15) is 0 Å². The van der Waals surface area contributed by atoms with Crippen LogP contribution >= 0.6 is 22.7 Å². The minimum Gasteiger partial charge on any atom is -0.422 e. The van der Waals surface area contributed by atoms with E-state index in [1.54, 1.807) is 55.0 Å². The average Bonchev–Trinajstić information content (AvgIpc) is 3.95. The van der Waals surface area contributed by atoms with Gasteiger partial charge in [0.1, 0.15) is 5.58 Å². The third-order valence-electron chi connectivity index (χ3n) is 10.2. The van der Waals surface area contributed by atoms with Gasteiger partial charge in [0, 0.05) is 121 Å². The van der Waals surface area contributed by atoms with Crippen molar-refractivity contribution in [2.75, 3.05) is 71.1 Å². The van der Waals surface area contributed by atoms with Gasteiger partial charge >= 0.3 is 23.2 Å². The van der Waals surface area contributed by atoms with E-state index in [0.29, 0.717) is 55.7 Å². The molecule has 324 valence electrons. The molecule has 0 bridgehead atoms.